The topological polar surface area (TPSA) is 72.1 Å². The van der Waals surface area contributed by atoms with Crippen molar-refractivity contribution < 1.29 is 13.6 Å². The van der Waals surface area contributed by atoms with Gasteiger partial charge in [-0.2, -0.15) is 0 Å². The number of likely N-dealkylation sites (tertiary alicyclic amines) is 1. The first kappa shape index (κ1) is 20.2. The van der Waals surface area contributed by atoms with Crippen LogP contribution in [0.5, 0.6) is 0 Å². The van der Waals surface area contributed by atoms with Crippen LogP contribution < -0.4 is 5.73 Å². The molecule has 2 N–H and O–H groups in total. The van der Waals surface area contributed by atoms with E-state index in [4.69, 9.17) is 5.73 Å². The van der Waals surface area contributed by atoms with Gasteiger partial charge in [0.1, 0.15) is 11.6 Å². The number of hydrogen-bond acceptors (Lipinski definition) is 4. The number of rotatable bonds is 5. The SMILES string of the molecule is Cc1nc(N)nc(C)c1CC(=O)N1CCCC(CCc2c(F)cccc2F)C1. The highest BCUT2D eigenvalue weighted by Gasteiger charge is 2.25. The summed E-state index contributed by atoms with van der Waals surface area (Å²) in [6.45, 7) is 4.98. The first-order valence-corrected chi connectivity index (χ1v) is 9.65. The van der Waals surface area contributed by atoms with Gasteiger partial charge < -0.3 is 10.6 Å². The van der Waals surface area contributed by atoms with Crippen LogP contribution in [-0.4, -0.2) is 33.9 Å². The minimum Gasteiger partial charge on any atom is -0.368 e. The Balaban J connectivity index is 1.61. The standard InChI is InChI=1S/C21H26F2N4O/c1-13-17(14(2)26-21(24)25-13)11-20(28)27-10-4-5-15(12-27)8-9-16-18(22)6-3-7-19(16)23/h3,6-7,15H,4-5,8-12H2,1-2H3,(H2,24,25,26). The van der Waals surface area contributed by atoms with Crippen LogP contribution in [0, 0.1) is 31.4 Å². The zero-order chi connectivity index (χ0) is 20.3. The molecule has 0 saturated carbocycles. The van der Waals surface area contributed by atoms with Crippen molar-refractivity contribution >= 4 is 11.9 Å². The largest absolute Gasteiger partial charge is 0.368 e. The van der Waals surface area contributed by atoms with Crippen molar-refractivity contribution in [3.8, 4) is 0 Å². The monoisotopic (exact) mass is 388 g/mol. The number of aromatic nitrogens is 2. The minimum absolute atomic E-state index is 0.0290. The second-order valence-corrected chi connectivity index (χ2v) is 7.49. The number of aryl methyl sites for hydroxylation is 2. The molecule has 0 spiro atoms. The van der Waals surface area contributed by atoms with Gasteiger partial charge in [0.25, 0.3) is 0 Å². The minimum atomic E-state index is -0.502. The smallest absolute Gasteiger partial charge is 0.227 e. The van der Waals surface area contributed by atoms with E-state index in [2.05, 4.69) is 9.97 Å². The number of anilines is 1. The van der Waals surface area contributed by atoms with E-state index in [0.29, 0.717) is 25.9 Å². The van der Waals surface area contributed by atoms with Crippen molar-refractivity contribution in [3.63, 3.8) is 0 Å². The van der Waals surface area contributed by atoms with Gasteiger partial charge in [0.2, 0.25) is 11.9 Å². The van der Waals surface area contributed by atoms with Crippen LogP contribution in [-0.2, 0) is 17.6 Å². The highest BCUT2D eigenvalue weighted by atomic mass is 19.1. The van der Waals surface area contributed by atoms with Gasteiger partial charge >= 0.3 is 0 Å². The molecule has 1 aromatic heterocycles. The summed E-state index contributed by atoms with van der Waals surface area (Å²) in [6.07, 6.45) is 3.10. The van der Waals surface area contributed by atoms with Gasteiger partial charge in [-0.05, 0) is 57.6 Å². The molecule has 3 rings (SSSR count). The quantitative estimate of drug-likeness (QED) is 0.852. The van der Waals surface area contributed by atoms with Crippen LogP contribution >= 0.6 is 0 Å². The van der Waals surface area contributed by atoms with E-state index < -0.39 is 11.6 Å². The lowest BCUT2D eigenvalue weighted by molar-refractivity contribution is -0.132. The molecule has 7 heteroatoms. The maximum atomic E-state index is 13.8. The van der Waals surface area contributed by atoms with Crippen LogP contribution in [0.15, 0.2) is 18.2 Å². The fourth-order valence-electron chi connectivity index (χ4n) is 3.93. The number of carbonyl (C=O) groups excluding carboxylic acids is 1. The van der Waals surface area contributed by atoms with Gasteiger partial charge in [0, 0.05) is 35.6 Å². The second kappa shape index (κ2) is 8.63. The first-order valence-electron chi connectivity index (χ1n) is 9.65. The summed E-state index contributed by atoms with van der Waals surface area (Å²) in [6, 6.07) is 3.95. The van der Waals surface area contributed by atoms with E-state index >= 15 is 0 Å². The van der Waals surface area contributed by atoms with Crippen molar-refractivity contribution in [2.75, 3.05) is 18.8 Å². The lowest BCUT2D eigenvalue weighted by atomic mass is 9.91. The molecule has 1 saturated heterocycles. The Morgan fingerprint density at radius 2 is 1.82 bits per heavy atom. The molecular weight excluding hydrogens is 362 g/mol. The number of benzene rings is 1. The predicted molar refractivity (Wildman–Crippen MR) is 104 cm³/mol. The molecule has 2 aromatic rings. The molecular formula is C21H26F2N4O. The first-order chi connectivity index (χ1) is 13.3. The molecule has 0 bridgehead atoms. The molecule has 2 heterocycles. The maximum Gasteiger partial charge on any atom is 0.227 e. The summed E-state index contributed by atoms with van der Waals surface area (Å²) in [7, 11) is 0. The van der Waals surface area contributed by atoms with Gasteiger partial charge in [-0.15, -0.1) is 0 Å². The van der Waals surface area contributed by atoms with Gasteiger partial charge in [-0.25, -0.2) is 18.7 Å². The van der Waals surface area contributed by atoms with E-state index in [1.807, 2.05) is 18.7 Å². The zero-order valence-corrected chi connectivity index (χ0v) is 16.3. The fourth-order valence-corrected chi connectivity index (χ4v) is 3.93. The Morgan fingerprint density at radius 3 is 2.46 bits per heavy atom. The van der Waals surface area contributed by atoms with Crippen LogP contribution in [0.4, 0.5) is 14.7 Å². The molecule has 0 radical (unpaired) electrons. The van der Waals surface area contributed by atoms with E-state index in [9.17, 15) is 13.6 Å². The summed E-state index contributed by atoms with van der Waals surface area (Å²) < 4.78 is 27.7. The summed E-state index contributed by atoms with van der Waals surface area (Å²) in [4.78, 5) is 23.0. The van der Waals surface area contributed by atoms with Crippen molar-refractivity contribution in [2.24, 2.45) is 5.92 Å². The molecule has 0 aliphatic carbocycles. The summed E-state index contributed by atoms with van der Waals surface area (Å²) in [5, 5.41) is 0. The molecule has 28 heavy (non-hydrogen) atoms. The fraction of sp³-hybridized carbons (Fsp3) is 0.476. The number of nitrogen functional groups attached to an aromatic ring is 1. The van der Waals surface area contributed by atoms with Gasteiger partial charge in [0.15, 0.2) is 0 Å². The molecule has 1 fully saturated rings. The number of nitrogens with two attached hydrogens (primary N) is 1. The number of hydrogen-bond donors (Lipinski definition) is 1. The number of carbonyl (C=O) groups is 1. The molecule has 1 unspecified atom stereocenters. The highest BCUT2D eigenvalue weighted by molar-refractivity contribution is 5.79. The summed E-state index contributed by atoms with van der Waals surface area (Å²) in [5.41, 5.74) is 8.05. The maximum absolute atomic E-state index is 13.8. The van der Waals surface area contributed by atoms with E-state index in [1.165, 1.54) is 18.2 Å². The Kier molecular flexibility index (Phi) is 6.21. The second-order valence-electron chi connectivity index (χ2n) is 7.49. The van der Waals surface area contributed by atoms with Crippen LogP contribution in [0.1, 0.15) is 41.8 Å². The normalized spacial score (nSPS) is 17.0. The average Bonchev–Trinajstić information content (AvgIpc) is 2.64. The molecule has 1 aromatic carbocycles. The molecule has 1 amide bonds. The Morgan fingerprint density at radius 1 is 1.18 bits per heavy atom. The Bertz CT molecular complexity index is 828. The predicted octanol–water partition coefficient (Wildman–Crippen LogP) is 3.37. The Labute approximate surface area is 164 Å². The lowest BCUT2D eigenvalue weighted by Crippen LogP contribution is -2.41. The van der Waals surface area contributed by atoms with Crippen molar-refractivity contribution in [1.82, 2.24) is 14.9 Å². The Hall–Kier alpha value is -2.57. The zero-order valence-electron chi connectivity index (χ0n) is 16.3. The molecule has 150 valence electrons. The average molecular weight is 388 g/mol. The van der Waals surface area contributed by atoms with Crippen LogP contribution in [0.25, 0.3) is 0 Å². The van der Waals surface area contributed by atoms with Gasteiger partial charge in [-0.1, -0.05) is 6.07 Å². The van der Waals surface area contributed by atoms with E-state index in [1.54, 1.807) is 0 Å². The number of halogens is 2. The third-order valence-corrected chi connectivity index (χ3v) is 5.50. The van der Waals surface area contributed by atoms with Crippen LogP contribution in [0.3, 0.4) is 0 Å². The van der Waals surface area contributed by atoms with Crippen LogP contribution in [0.2, 0.25) is 0 Å². The summed E-state index contributed by atoms with van der Waals surface area (Å²) >= 11 is 0. The number of piperidine rings is 1. The van der Waals surface area contributed by atoms with Gasteiger partial charge in [-0.3, -0.25) is 4.79 Å². The number of nitrogens with zero attached hydrogens (tertiary/aromatic N) is 3. The number of amides is 1. The molecule has 1 aliphatic heterocycles. The van der Waals surface area contributed by atoms with Crippen molar-refractivity contribution in [2.45, 2.75) is 46.0 Å². The molecule has 1 atom stereocenters. The third kappa shape index (κ3) is 4.64. The van der Waals surface area contributed by atoms with Crippen molar-refractivity contribution in [1.29, 1.82) is 0 Å². The highest BCUT2D eigenvalue weighted by Crippen LogP contribution is 2.24. The lowest BCUT2D eigenvalue weighted by Gasteiger charge is -2.33. The molecule has 5 nitrogen and oxygen atoms in total. The van der Waals surface area contributed by atoms with Crippen molar-refractivity contribution in [3.05, 3.63) is 52.3 Å². The summed E-state index contributed by atoms with van der Waals surface area (Å²) in [5.74, 6) is -0.524. The van der Waals surface area contributed by atoms with E-state index in [-0.39, 0.29) is 29.8 Å². The molecule has 1 aliphatic rings. The third-order valence-electron chi connectivity index (χ3n) is 5.50. The van der Waals surface area contributed by atoms with E-state index in [0.717, 1.165) is 29.8 Å². The van der Waals surface area contributed by atoms with Gasteiger partial charge in [0.05, 0.1) is 6.42 Å².